The Hall–Kier alpha value is -1.16. The van der Waals surface area contributed by atoms with Gasteiger partial charge in [0.15, 0.2) is 0 Å². The molecule has 17 heavy (non-hydrogen) atoms. The maximum atomic E-state index is 5.55. The summed E-state index contributed by atoms with van der Waals surface area (Å²) in [6.07, 6.45) is 6.82. The molecular formula is C13H19N3S. The van der Waals surface area contributed by atoms with Crippen molar-refractivity contribution >= 4 is 23.0 Å². The van der Waals surface area contributed by atoms with E-state index in [1.54, 1.807) is 0 Å². The summed E-state index contributed by atoms with van der Waals surface area (Å²) in [4.78, 5) is 4.71. The van der Waals surface area contributed by atoms with E-state index in [0.717, 1.165) is 18.3 Å². The highest BCUT2D eigenvalue weighted by atomic mass is 32.1. The van der Waals surface area contributed by atoms with Gasteiger partial charge < -0.3 is 11.1 Å². The van der Waals surface area contributed by atoms with Crippen LogP contribution >= 0.6 is 12.2 Å². The smallest absolute Gasteiger partial charge is 0.126 e. The van der Waals surface area contributed by atoms with Crippen LogP contribution in [0.4, 0.5) is 5.82 Å². The van der Waals surface area contributed by atoms with E-state index in [2.05, 4.69) is 10.3 Å². The molecule has 0 aromatic carbocycles. The zero-order chi connectivity index (χ0) is 12.1. The number of nitrogens with two attached hydrogens (primary N) is 1. The standard InChI is InChI=1S/C13H19N3S/c14-13(17)11-6-3-7-12(16-11)15-9-8-10-4-1-2-5-10/h3,6-7,10H,1-2,4-5,8-9H2,(H2,14,17)(H,15,16). The van der Waals surface area contributed by atoms with E-state index in [0.29, 0.717) is 10.7 Å². The van der Waals surface area contributed by atoms with Gasteiger partial charge in [-0.3, -0.25) is 0 Å². The molecule has 0 radical (unpaired) electrons. The third-order valence-corrected chi connectivity index (χ3v) is 3.54. The molecule has 92 valence electrons. The maximum Gasteiger partial charge on any atom is 0.126 e. The molecule has 0 aliphatic heterocycles. The molecule has 1 aromatic rings. The first-order valence-electron chi connectivity index (χ1n) is 6.26. The topological polar surface area (TPSA) is 50.9 Å². The van der Waals surface area contributed by atoms with Crippen molar-refractivity contribution < 1.29 is 0 Å². The van der Waals surface area contributed by atoms with Gasteiger partial charge in [-0.2, -0.15) is 0 Å². The molecule has 1 fully saturated rings. The molecule has 1 aromatic heterocycles. The Morgan fingerprint density at radius 1 is 1.41 bits per heavy atom. The lowest BCUT2D eigenvalue weighted by atomic mass is 10.0. The minimum atomic E-state index is 0.351. The van der Waals surface area contributed by atoms with E-state index in [4.69, 9.17) is 18.0 Å². The summed E-state index contributed by atoms with van der Waals surface area (Å²) in [6.45, 7) is 0.985. The lowest BCUT2D eigenvalue weighted by molar-refractivity contribution is 0.518. The molecule has 4 heteroatoms. The summed E-state index contributed by atoms with van der Waals surface area (Å²) in [5.74, 6) is 1.77. The van der Waals surface area contributed by atoms with Gasteiger partial charge >= 0.3 is 0 Å². The minimum absolute atomic E-state index is 0.351. The molecule has 0 bridgehead atoms. The van der Waals surface area contributed by atoms with E-state index in [9.17, 15) is 0 Å². The molecule has 0 saturated heterocycles. The molecular weight excluding hydrogens is 230 g/mol. The van der Waals surface area contributed by atoms with Crippen LogP contribution in [0.5, 0.6) is 0 Å². The van der Waals surface area contributed by atoms with E-state index in [1.807, 2.05) is 18.2 Å². The zero-order valence-electron chi connectivity index (χ0n) is 9.98. The number of hydrogen-bond acceptors (Lipinski definition) is 3. The summed E-state index contributed by atoms with van der Waals surface area (Å²) in [5, 5.41) is 3.34. The van der Waals surface area contributed by atoms with Crippen LogP contribution in [0.25, 0.3) is 0 Å². The number of aromatic nitrogens is 1. The average molecular weight is 249 g/mol. The van der Waals surface area contributed by atoms with Gasteiger partial charge in [0, 0.05) is 6.54 Å². The van der Waals surface area contributed by atoms with Gasteiger partial charge in [-0.15, -0.1) is 0 Å². The Labute approximate surface area is 108 Å². The molecule has 2 rings (SSSR count). The fourth-order valence-electron chi connectivity index (χ4n) is 2.37. The van der Waals surface area contributed by atoms with Gasteiger partial charge in [-0.1, -0.05) is 44.0 Å². The molecule has 0 spiro atoms. The van der Waals surface area contributed by atoms with Crippen molar-refractivity contribution in [3.8, 4) is 0 Å². The number of pyridine rings is 1. The molecule has 0 unspecified atom stereocenters. The second-order valence-corrected chi connectivity index (χ2v) is 5.08. The van der Waals surface area contributed by atoms with Crippen LogP contribution < -0.4 is 11.1 Å². The number of nitrogens with zero attached hydrogens (tertiary/aromatic N) is 1. The normalized spacial score (nSPS) is 16.0. The fourth-order valence-corrected chi connectivity index (χ4v) is 2.49. The summed E-state index contributed by atoms with van der Waals surface area (Å²) in [7, 11) is 0. The first kappa shape index (κ1) is 12.3. The zero-order valence-corrected chi connectivity index (χ0v) is 10.8. The number of thiocarbonyl (C=S) groups is 1. The highest BCUT2D eigenvalue weighted by Crippen LogP contribution is 2.27. The van der Waals surface area contributed by atoms with Crippen LogP contribution in [0.1, 0.15) is 37.8 Å². The highest BCUT2D eigenvalue weighted by Gasteiger charge is 2.14. The lowest BCUT2D eigenvalue weighted by Gasteiger charge is -2.10. The van der Waals surface area contributed by atoms with Gasteiger partial charge in [0.1, 0.15) is 10.8 Å². The number of anilines is 1. The van der Waals surface area contributed by atoms with Gasteiger partial charge in [0.2, 0.25) is 0 Å². The van der Waals surface area contributed by atoms with Crippen LogP contribution in [0.2, 0.25) is 0 Å². The van der Waals surface area contributed by atoms with Crippen molar-refractivity contribution in [3.63, 3.8) is 0 Å². The molecule has 3 nitrogen and oxygen atoms in total. The van der Waals surface area contributed by atoms with Crippen LogP contribution in [0, 0.1) is 5.92 Å². The van der Waals surface area contributed by atoms with Crippen molar-refractivity contribution in [2.45, 2.75) is 32.1 Å². The first-order valence-corrected chi connectivity index (χ1v) is 6.67. The average Bonchev–Trinajstić information content (AvgIpc) is 2.82. The number of rotatable bonds is 5. The van der Waals surface area contributed by atoms with Gasteiger partial charge in [-0.05, 0) is 24.5 Å². The van der Waals surface area contributed by atoms with Crippen molar-refractivity contribution in [2.24, 2.45) is 11.7 Å². The van der Waals surface area contributed by atoms with E-state index >= 15 is 0 Å². The Kier molecular flexibility index (Phi) is 4.31. The van der Waals surface area contributed by atoms with Crippen LogP contribution in [-0.4, -0.2) is 16.5 Å². The number of hydrogen-bond donors (Lipinski definition) is 2. The van der Waals surface area contributed by atoms with Gasteiger partial charge in [0.25, 0.3) is 0 Å². The summed E-state index contributed by atoms with van der Waals surface area (Å²) in [6, 6.07) is 5.72. The predicted molar refractivity (Wildman–Crippen MR) is 75.2 cm³/mol. The third kappa shape index (κ3) is 3.66. The fraction of sp³-hybridized carbons (Fsp3) is 0.538. The quantitative estimate of drug-likeness (QED) is 0.788. The second kappa shape index (κ2) is 5.96. The van der Waals surface area contributed by atoms with Crippen molar-refractivity contribution in [1.29, 1.82) is 0 Å². The number of nitrogens with one attached hydrogen (secondary N) is 1. The monoisotopic (exact) mass is 249 g/mol. The van der Waals surface area contributed by atoms with E-state index < -0.39 is 0 Å². The second-order valence-electron chi connectivity index (χ2n) is 4.64. The molecule has 0 atom stereocenters. The van der Waals surface area contributed by atoms with Gasteiger partial charge in [-0.25, -0.2) is 4.98 Å². The third-order valence-electron chi connectivity index (χ3n) is 3.33. The molecule has 1 aliphatic carbocycles. The maximum absolute atomic E-state index is 5.55. The highest BCUT2D eigenvalue weighted by molar-refractivity contribution is 7.80. The van der Waals surface area contributed by atoms with Crippen molar-refractivity contribution in [2.75, 3.05) is 11.9 Å². The predicted octanol–water partition coefficient (Wildman–Crippen LogP) is 2.71. The Balaban J connectivity index is 1.81. The molecule has 3 N–H and O–H groups in total. The Bertz CT molecular complexity index is 386. The lowest BCUT2D eigenvalue weighted by Crippen LogP contribution is -2.13. The van der Waals surface area contributed by atoms with Crippen LogP contribution in [-0.2, 0) is 0 Å². The molecule has 1 aliphatic rings. The van der Waals surface area contributed by atoms with Crippen LogP contribution in [0.3, 0.4) is 0 Å². The molecule has 0 amide bonds. The van der Waals surface area contributed by atoms with Crippen LogP contribution in [0.15, 0.2) is 18.2 Å². The minimum Gasteiger partial charge on any atom is -0.388 e. The molecule has 1 saturated carbocycles. The van der Waals surface area contributed by atoms with Crippen molar-refractivity contribution in [1.82, 2.24) is 4.98 Å². The molecule has 1 heterocycles. The summed E-state index contributed by atoms with van der Waals surface area (Å²) in [5.41, 5.74) is 6.24. The Morgan fingerprint density at radius 3 is 2.88 bits per heavy atom. The largest absolute Gasteiger partial charge is 0.388 e. The summed E-state index contributed by atoms with van der Waals surface area (Å²) < 4.78 is 0. The van der Waals surface area contributed by atoms with E-state index in [1.165, 1.54) is 32.1 Å². The van der Waals surface area contributed by atoms with E-state index in [-0.39, 0.29) is 0 Å². The SMILES string of the molecule is NC(=S)c1cccc(NCCC2CCCC2)n1. The Morgan fingerprint density at radius 2 is 2.18 bits per heavy atom. The summed E-state index contributed by atoms with van der Waals surface area (Å²) >= 11 is 4.91. The van der Waals surface area contributed by atoms with Gasteiger partial charge in [0.05, 0.1) is 5.69 Å². The van der Waals surface area contributed by atoms with Crippen molar-refractivity contribution in [3.05, 3.63) is 23.9 Å². The first-order chi connectivity index (χ1) is 8.25.